The van der Waals surface area contributed by atoms with Crippen LogP contribution in [0, 0.1) is 0 Å². The molecule has 9 heteroatoms. The maximum Gasteiger partial charge on any atom is 0.341 e. The minimum atomic E-state index is -1.20. The van der Waals surface area contributed by atoms with Crippen molar-refractivity contribution in [2.24, 2.45) is 0 Å². The molecule has 4 N–H and O–H groups in total. The highest BCUT2D eigenvalue weighted by Crippen LogP contribution is 2.40. The van der Waals surface area contributed by atoms with Gasteiger partial charge in [0.25, 0.3) is 0 Å². The van der Waals surface area contributed by atoms with Crippen LogP contribution in [0.25, 0.3) is 10.9 Å². The number of carbonyl (C=O) groups is 1. The first-order valence-corrected chi connectivity index (χ1v) is 8.96. The van der Waals surface area contributed by atoms with Gasteiger partial charge in [-0.15, -0.1) is 12.4 Å². The molecule has 1 saturated heterocycles. The number of hydrogen-bond acceptors (Lipinski definition) is 4. The number of carboxylic acid groups (broad SMARTS) is 1. The lowest BCUT2D eigenvalue weighted by atomic mass is 9.93. The molecule has 7 nitrogen and oxygen atoms in total. The third-order valence-electron chi connectivity index (χ3n) is 5.29. The van der Waals surface area contributed by atoms with Gasteiger partial charge in [0, 0.05) is 49.4 Å². The lowest BCUT2D eigenvalue weighted by Gasteiger charge is -2.35. The van der Waals surface area contributed by atoms with Gasteiger partial charge >= 0.3 is 5.97 Å². The van der Waals surface area contributed by atoms with E-state index in [1.165, 1.54) is 6.20 Å². The molecule has 0 radical (unpaired) electrons. The molecule has 1 fully saturated rings. The summed E-state index contributed by atoms with van der Waals surface area (Å²) in [6, 6.07) is 1.80. The minimum Gasteiger partial charge on any atom is -0.477 e. The Hall–Kier alpha value is -1.80. The number of benzene rings is 1. The van der Waals surface area contributed by atoms with Crippen molar-refractivity contribution >= 4 is 46.6 Å². The number of hydrogen-bond donors (Lipinski definition) is 2. The second-order valence-electron chi connectivity index (χ2n) is 6.79. The second kappa shape index (κ2) is 8.06. The minimum absolute atomic E-state index is 0. The molecule has 0 bridgehead atoms. The van der Waals surface area contributed by atoms with Crippen molar-refractivity contribution in [1.29, 1.82) is 0 Å². The van der Waals surface area contributed by atoms with Crippen molar-refractivity contribution in [2.75, 3.05) is 31.1 Å². The van der Waals surface area contributed by atoms with E-state index in [0.717, 1.165) is 55.8 Å². The Morgan fingerprint density at radius 1 is 1.33 bits per heavy atom. The molecule has 1 atom stereocenters. The quantitative estimate of drug-likeness (QED) is 0.778. The zero-order chi connectivity index (χ0) is 17.7. The average Bonchev–Trinajstić information content (AvgIpc) is 2.60. The number of aryl methyl sites for hydroxylation is 1. The van der Waals surface area contributed by atoms with Crippen LogP contribution in [-0.2, 0) is 6.42 Å². The van der Waals surface area contributed by atoms with Crippen LogP contribution in [0.2, 0.25) is 5.02 Å². The highest BCUT2D eigenvalue weighted by molar-refractivity contribution is 6.34. The van der Waals surface area contributed by atoms with Crippen molar-refractivity contribution in [1.82, 2.24) is 9.88 Å². The number of anilines is 1. The fourth-order valence-corrected chi connectivity index (χ4v) is 4.36. The van der Waals surface area contributed by atoms with Crippen molar-refractivity contribution in [3.63, 3.8) is 0 Å². The first-order valence-electron chi connectivity index (χ1n) is 8.58. The SMILES string of the molecule is CC1CCc2c(N3CCNCC3)c(Cl)cc3c(=O)c(C(=O)O)cn1c23.Cl.O. The van der Waals surface area contributed by atoms with E-state index in [1.54, 1.807) is 6.07 Å². The number of halogens is 2. The summed E-state index contributed by atoms with van der Waals surface area (Å²) in [5.74, 6) is -1.20. The summed E-state index contributed by atoms with van der Waals surface area (Å²) in [5.41, 5.74) is 2.25. The fourth-order valence-electron chi connectivity index (χ4n) is 4.02. The Labute approximate surface area is 167 Å². The summed E-state index contributed by atoms with van der Waals surface area (Å²) >= 11 is 6.58. The smallest absolute Gasteiger partial charge is 0.341 e. The van der Waals surface area contributed by atoms with Gasteiger partial charge in [0.1, 0.15) is 5.56 Å². The van der Waals surface area contributed by atoms with E-state index in [0.29, 0.717) is 10.4 Å². The van der Waals surface area contributed by atoms with Crippen molar-refractivity contribution in [3.05, 3.63) is 38.6 Å². The van der Waals surface area contributed by atoms with Crippen LogP contribution in [0.5, 0.6) is 0 Å². The molecule has 27 heavy (non-hydrogen) atoms. The molecule has 1 aromatic heterocycles. The van der Waals surface area contributed by atoms with Gasteiger partial charge < -0.3 is 25.4 Å². The molecule has 2 aromatic rings. The van der Waals surface area contributed by atoms with Gasteiger partial charge in [-0.2, -0.15) is 0 Å². The molecule has 0 aliphatic carbocycles. The number of aromatic carboxylic acids is 1. The van der Waals surface area contributed by atoms with Gasteiger partial charge in [0.15, 0.2) is 0 Å². The third kappa shape index (κ3) is 3.40. The summed E-state index contributed by atoms with van der Waals surface area (Å²) in [4.78, 5) is 26.4. The lowest BCUT2D eigenvalue weighted by Crippen LogP contribution is -2.44. The largest absolute Gasteiger partial charge is 0.477 e. The van der Waals surface area contributed by atoms with Crippen LogP contribution < -0.4 is 15.6 Å². The highest BCUT2D eigenvalue weighted by Gasteiger charge is 2.28. The summed E-state index contributed by atoms with van der Waals surface area (Å²) < 4.78 is 1.95. The number of nitrogens with zero attached hydrogens (tertiary/aromatic N) is 2. The van der Waals surface area contributed by atoms with Crippen LogP contribution >= 0.6 is 24.0 Å². The number of pyridine rings is 1. The summed E-state index contributed by atoms with van der Waals surface area (Å²) in [6.45, 7) is 5.58. The van der Waals surface area contributed by atoms with Crippen molar-refractivity contribution in [2.45, 2.75) is 25.8 Å². The number of carboxylic acids is 1. The third-order valence-corrected chi connectivity index (χ3v) is 5.58. The Morgan fingerprint density at radius 2 is 2.00 bits per heavy atom. The number of nitrogens with one attached hydrogen (secondary N) is 1. The van der Waals surface area contributed by atoms with Crippen LogP contribution in [0.3, 0.4) is 0 Å². The van der Waals surface area contributed by atoms with Crippen LogP contribution in [-0.4, -0.2) is 47.3 Å². The first kappa shape index (κ1) is 21.5. The maximum atomic E-state index is 12.7. The molecule has 1 unspecified atom stereocenters. The molecule has 0 amide bonds. The Bertz CT molecular complexity index is 939. The van der Waals surface area contributed by atoms with Crippen LogP contribution in [0.15, 0.2) is 17.1 Å². The molecule has 2 aliphatic rings. The second-order valence-corrected chi connectivity index (χ2v) is 7.20. The molecule has 3 heterocycles. The summed E-state index contributed by atoms with van der Waals surface area (Å²) in [5, 5.41) is 13.7. The normalized spacial score (nSPS) is 18.6. The summed E-state index contributed by atoms with van der Waals surface area (Å²) in [7, 11) is 0. The predicted molar refractivity (Wildman–Crippen MR) is 109 cm³/mol. The van der Waals surface area contributed by atoms with E-state index in [4.69, 9.17) is 11.6 Å². The highest BCUT2D eigenvalue weighted by atomic mass is 35.5. The van der Waals surface area contributed by atoms with E-state index >= 15 is 0 Å². The van der Waals surface area contributed by atoms with Crippen molar-refractivity contribution in [3.8, 4) is 0 Å². The van der Waals surface area contributed by atoms with Gasteiger partial charge in [-0.05, 0) is 25.8 Å². The van der Waals surface area contributed by atoms with Gasteiger partial charge in [-0.25, -0.2) is 4.79 Å². The van der Waals surface area contributed by atoms with E-state index < -0.39 is 11.4 Å². The van der Waals surface area contributed by atoms with Gasteiger partial charge in [0.05, 0.1) is 16.2 Å². The Kier molecular flexibility index (Phi) is 6.42. The molecule has 148 valence electrons. The molecular weight excluding hydrogens is 393 g/mol. The topological polar surface area (TPSA) is 106 Å². The Balaban J connectivity index is 0.00000131. The van der Waals surface area contributed by atoms with E-state index in [2.05, 4.69) is 17.1 Å². The molecule has 1 aromatic carbocycles. The van der Waals surface area contributed by atoms with Gasteiger partial charge in [0.2, 0.25) is 5.43 Å². The number of rotatable bonds is 2. The Morgan fingerprint density at radius 3 is 2.63 bits per heavy atom. The zero-order valence-electron chi connectivity index (χ0n) is 14.9. The number of piperazine rings is 1. The van der Waals surface area contributed by atoms with Gasteiger partial charge in [-0.3, -0.25) is 4.79 Å². The van der Waals surface area contributed by atoms with E-state index in [9.17, 15) is 14.7 Å². The molecule has 2 aliphatic heterocycles. The summed E-state index contributed by atoms with van der Waals surface area (Å²) in [6.07, 6.45) is 3.22. The molecule has 0 saturated carbocycles. The lowest BCUT2D eigenvalue weighted by molar-refractivity contribution is 0.0694. The van der Waals surface area contributed by atoms with Gasteiger partial charge in [-0.1, -0.05) is 11.6 Å². The monoisotopic (exact) mass is 415 g/mol. The van der Waals surface area contributed by atoms with Crippen LogP contribution in [0.1, 0.15) is 35.3 Å². The van der Waals surface area contributed by atoms with Crippen molar-refractivity contribution < 1.29 is 15.4 Å². The molecule has 0 spiro atoms. The standard InChI is InChI=1S/C18H20ClN3O3.ClH.H2O/c1-10-2-3-11-15-12(17(23)13(18(24)25)9-22(10)15)8-14(19)16(11)21-6-4-20-5-7-21;;/h8-10,20H,2-7H2,1H3,(H,24,25);1H;1H2. The number of aromatic nitrogens is 1. The molecular formula is C18H23Cl2N3O4. The fraction of sp³-hybridized carbons (Fsp3) is 0.444. The first-order chi connectivity index (χ1) is 12.0. The van der Waals surface area contributed by atoms with E-state index in [1.807, 2.05) is 4.57 Å². The molecule has 4 rings (SSSR count). The average molecular weight is 416 g/mol. The predicted octanol–water partition coefficient (Wildman–Crippen LogP) is 1.87. The maximum absolute atomic E-state index is 12.7. The zero-order valence-corrected chi connectivity index (χ0v) is 16.5. The van der Waals surface area contributed by atoms with Crippen LogP contribution in [0.4, 0.5) is 5.69 Å². The van der Waals surface area contributed by atoms with E-state index in [-0.39, 0.29) is 29.5 Å².